The smallest absolute Gasteiger partial charge is 0.349 e. The van der Waals surface area contributed by atoms with E-state index in [1.165, 1.54) is 31.0 Å². The molecule has 0 bridgehead atoms. The van der Waals surface area contributed by atoms with Gasteiger partial charge in [-0.05, 0) is 18.9 Å². The molecular weight excluding hydrogens is 366 g/mol. The van der Waals surface area contributed by atoms with Crippen molar-refractivity contribution in [2.75, 3.05) is 31.5 Å². The van der Waals surface area contributed by atoms with Crippen LogP contribution < -0.4 is 5.32 Å². The third-order valence-corrected chi connectivity index (χ3v) is 4.93. The fourth-order valence-corrected chi connectivity index (χ4v) is 3.38. The Kier molecular flexibility index (Phi) is 5.67. The molecule has 10 heteroatoms. The highest BCUT2D eigenvalue weighted by Gasteiger charge is 2.34. The van der Waals surface area contributed by atoms with Crippen molar-refractivity contribution in [1.29, 1.82) is 0 Å². The van der Waals surface area contributed by atoms with Gasteiger partial charge in [0, 0.05) is 12.5 Å². The minimum Gasteiger partial charge on any atom is -0.465 e. The number of carbonyl (C=O) groups excluding carboxylic acids is 1. The maximum Gasteiger partial charge on any atom is 0.349 e. The summed E-state index contributed by atoms with van der Waals surface area (Å²) < 4.78 is 10.6. The number of hydrogen-bond donors (Lipinski definition) is 1. The number of esters is 1. The van der Waals surface area contributed by atoms with Gasteiger partial charge >= 0.3 is 5.97 Å². The zero-order valence-electron chi connectivity index (χ0n) is 13.9. The van der Waals surface area contributed by atoms with Crippen LogP contribution in [0.4, 0.5) is 5.13 Å². The van der Waals surface area contributed by atoms with E-state index in [-0.39, 0.29) is 6.10 Å². The molecule has 3 rings (SSSR count). The molecule has 8 nitrogen and oxygen atoms in total. The number of ether oxygens (including phenoxy) is 2. The number of halogens is 1. The van der Waals surface area contributed by atoms with E-state index >= 15 is 0 Å². The molecule has 0 aromatic carbocycles. The Labute approximate surface area is 154 Å². The first-order chi connectivity index (χ1) is 12.1. The van der Waals surface area contributed by atoms with E-state index in [4.69, 9.17) is 21.1 Å². The molecule has 0 radical (unpaired) electrons. The quantitative estimate of drug-likeness (QED) is 0.460. The van der Waals surface area contributed by atoms with Gasteiger partial charge in [-0.2, -0.15) is 5.10 Å². The Morgan fingerprint density at radius 1 is 1.56 bits per heavy atom. The summed E-state index contributed by atoms with van der Waals surface area (Å²) in [6.07, 6.45) is 3.71. The fraction of sp³-hybridized carbons (Fsp3) is 0.467. The van der Waals surface area contributed by atoms with Crippen molar-refractivity contribution < 1.29 is 14.3 Å². The van der Waals surface area contributed by atoms with Crippen molar-refractivity contribution in [3.63, 3.8) is 0 Å². The zero-order chi connectivity index (χ0) is 17.8. The molecule has 0 aliphatic carbocycles. The minimum absolute atomic E-state index is 0.0533. The predicted molar refractivity (Wildman–Crippen MR) is 97.5 cm³/mol. The molecule has 1 unspecified atom stereocenters. The molecule has 0 saturated carbocycles. The summed E-state index contributed by atoms with van der Waals surface area (Å²) in [4.78, 5) is 20.5. The summed E-state index contributed by atoms with van der Waals surface area (Å²) in [5.41, 5.74) is 1.91. The highest BCUT2D eigenvalue weighted by molar-refractivity contribution is 7.17. The average Bonchev–Trinajstić information content (AvgIpc) is 3.20. The van der Waals surface area contributed by atoms with Gasteiger partial charge in [0.15, 0.2) is 11.0 Å². The molecule has 3 heterocycles. The number of hydrazone groups is 1. The van der Waals surface area contributed by atoms with Crippen LogP contribution in [-0.2, 0) is 9.47 Å². The third-order valence-electron chi connectivity index (χ3n) is 3.77. The lowest BCUT2D eigenvalue weighted by Gasteiger charge is -2.20. The summed E-state index contributed by atoms with van der Waals surface area (Å²) in [5.74, 6) is 0.787. The first-order valence-electron chi connectivity index (χ1n) is 7.71. The summed E-state index contributed by atoms with van der Waals surface area (Å²) >= 11 is 6.90. The molecule has 25 heavy (non-hydrogen) atoms. The van der Waals surface area contributed by atoms with Crippen LogP contribution in [-0.4, -0.2) is 60.4 Å². The van der Waals surface area contributed by atoms with Crippen LogP contribution in [0.25, 0.3) is 0 Å². The average molecular weight is 384 g/mol. The van der Waals surface area contributed by atoms with Crippen molar-refractivity contribution in [3.05, 3.63) is 22.3 Å². The van der Waals surface area contributed by atoms with Gasteiger partial charge in [-0.25, -0.2) is 14.8 Å². The Morgan fingerprint density at radius 2 is 2.40 bits per heavy atom. The van der Waals surface area contributed by atoms with E-state index in [1.54, 1.807) is 0 Å². The first kappa shape index (κ1) is 17.8. The van der Waals surface area contributed by atoms with Gasteiger partial charge in [-0.3, -0.25) is 5.01 Å². The van der Waals surface area contributed by atoms with Crippen molar-refractivity contribution in [2.24, 2.45) is 10.1 Å². The van der Waals surface area contributed by atoms with Crippen LogP contribution in [0.15, 0.2) is 27.6 Å². The number of aliphatic imine (C=N–C) groups is 1. The topological polar surface area (TPSA) is 88.4 Å². The van der Waals surface area contributed by atoms with Gasteiger partial charge in [0.1, 0.15) is 23.0 Å². The van der Waals surface area contributed by atoms with Gasteiger partial charge in [0.2, 0.25) is 0 Å². The highest BCUT2D eigenvalue weighted by Crippen LogP contribution is 2.29. The van der Waals surface area contributed by atoms with E-state index in [9.17, 15) is 4.79 Å². The van der Waals surface area contributed by atoms with E-state index in [1.807, 2.05) is 11.9 Å². The molecule has 1 N–H and O–H groups in total. The van der Waals surface area contributed by atoms with E-state index in [2.05, 4.69) is 20.4 Å². The molecule has 134 valence electrons. The maximum atomic E-state index is 11.5. The second-order valence-electron chi connectivity index (χ2n) is 5.37. The molecule has 2 aliphatic rings. The number of alkyl halides is 1. The number of hydrogen-bond acceptors (Lipinski definition) is 9. The molecule has 1 aromatic heterocycles. The number of methoxy groups -OCH3 is 1. The summed E-state index contributed by atoms with van der Waals surface area (Å²) in [5, 5.41) is 9.85. The Balaban J connectivity index is 1.75. The molecule has 0 saturated heterocycles. The zero-order valence-corrected chi connectivity index (χ0v) is 15.4. The number of amidine groups is 1. The van der Waals surface area contributed by atoms with Crippen LogP contribution in [0.3, 0.4) is 0 Å². The molecule has 0 fully saturated rings. The van der Waals surface area contributed by atoms with Crippen molar-refractivity contribution in [1.82, 2.24) is 9.99 Å². The minimum atomic E-state index is -0.414. The number of nitrogens with one attached hydrogen (secondary N) is 1. The highest BCUT2D eigenvalue weighted by atomic mass is 35.5. The number of thiazole rings is 1. The second-order valence-corrected chi connectivity index (χ2v) is 6.78. The normalized spacial score (nSPS) is 19.1. The summed E-state index contributed by atoms with van der Waals surface area (Å²) in [6, 6.07) is 0. The van der Waals surface area contributed by atoms with E-state index in [0.717, 1.165) is 17.7 Å². The lowest BCUT2D eigenvalue weighted by molar-refractivity contribution is 0.0606. The molecule has 0 amide bonds. The van der Waals surface area contributed by atoms with Gasteiger partial charge in [0.25, 0.3) is 0 Å². The summed E-state index contributed by atoms with van der Waals surface area (Å²) in [6.45, 7) is 3.23. The molecule has 1 aromatic rings. The van der Waals surface area contributed by atoms with Gasteiger partial charge in [0.05, 0.1) is 19.9 Å². The number of carbonyl (C=O) groups is 1. The van der Waals surface area contributed by atoms with Gasteiger partial charge < -0.3 is 14.8 Å². The lowest BCUT2D eigenvalue weighted by Crippen LogP contribution is -2.29. The lowest BCUT2D eigenvalue weighted by atomic mass is 10.1. The molecular formula is C15H18ClN5O3S. The standard InChI is InChI=1S/C15H18ClN5O3S/c1-9-10(24-5-3-4-16)7-21-12(9)13(18-8-19-21)20-15-17-6-11(25-15)14(22)23-2/h6,8,10H,3-5,7H2,1-2H3,(H,17,18,19,20). The fourth-order valence-electron chi connectivity index (χ4n) is 2.54. The largest absolute Gasteiger partial charge is 0.465 e. The van der Waals surface area contributed by atoms with Gasteiger partial charge in [-0.15, -0.1) is 11.6 Å². The molecule has 1 atom stereocenters. The van der Waals surface area contributed by atoms with Crippen molar-refractivity contribution in [2.45, 2.75) is 19.4 Å². The third kappa shape index (κ3) is 3.83. The van der Waals surface area contributed by atoms with E-state index < -0.39 is 5.97 Å². The number of fused-ring (bicyclic) bond motifs is 1. The van der Waals surface area contributed by atoms with Crippen molar-refractivity contribution >= 4 is 46.2 Å². The number of aromatic nitrogens is 1. The Hall–Kier alpha value is -1.97. The molecule has 2 aliphatic heterocycles. The van der Waals surface area contributed by atoms with Crippen LogP contribution >= 0.6 is 22.9 Å². The first-order valence-corrected chi connectivity index (χ1v) is 9.06. The number of anilines is 1. The van der Waals surface area contributed by atoms with Gasteiger partial charge in [-0.1, -0.05) is 11.3 Å². The SMILES string of the molecule is COC(=O)c1cnc(NC2=NC=NN3CC(OCCCCl)C(C)=C23)s1. The summed E-state index contributed by atoms with van der Waals surface area (Å²) in [7, 11) is 1.34. The predicted octanol–water partition coefficient (Wildman–Crippen LogP) is 2.30. The molecule has 0 spiro atoms. The van der Waals surface area contributed by atoms with Crippen LogP contribution in [0.2, 0.25) is 0 Å². The monoisotopic (exact) mass is 383 g/mol. The number of rotatable bonds is 6. The van der Waals surface area contributed by atoms with Crippen LogP contribution in [0, 0.1) is 0 Å². The Morgan fingerprint density at radius 3 is 3.16 bits per heavy atom. The second kappa shape index (κ2) is 7.94. The van der Waals surface area contributed by atoms with Crippen molar-refractivity contribution in [3.8, 4) is 0 Å². The van der Waals surface area contributed by atoms with Crippen LogP contribution in [0.1, 0.15) is 23.0 Å². The Bertz CT molecular complexity index is 745. The van der Waals surface area contributed by atoms with E-state index in [0.29, 0.717) is 34.9 Å². The number of nitrogens with zero attached hydrogens (tertiary/aromatic N) is 4. The van der Waals surface area contributed by atoms with Crippen LogP contribution in [0.5, 0.6) is 0 Å². The maximum absolute atomic E-state index is 11.5.